The topological polar surface area (TPSA) is 121 Å². The van der Waals surface area contributed by atoms with Crippen LogP contribution in [0.3, 0.4) is 0 Å². The highest BCUT2D eigenvalue weighted by Crippen LogP contribution is 2.29. The Morgan fingerprint density at radius 3 is 2.52 bits per heavy atom. The number of carbonyl (C=O) groups excluding carboxylic acids is 2. The molecule has 0 saturated carbocycles. The number of nitro groups is 1. The van der Waals surface area contributed by atoms with E-state index in [4.69, 9.17) is 5.73 Å². The third-order valence-corrected chi connectivity index (χ3v) is 2.94. The molecule has 0 aliphatic heterocycles. The lowest BCUT2D eigenvalue weighted by Crippen LogP contribution is -2.11. The van der Waals surface area contributed by atoms with Crippen LogP contribution in [0.4, 0.5) is 5.69 Å². The Morgan fingerprint density at radius 1 is 1.33 bits per heavy atom. The molecule has 1 heterocycles. The van der Waals surface area contributed by atoms with E-state index in [2.05, 4.69) is 5.10 Å². The van der Waals surface area contributed by atoms with E-state index in [1.165, 1.54) is 29.9 Å². The predicted molar refractivity (Wildman–Crippen MR) is 73.8 cm³/mol. The number of amides is 1. The Bertz CT molecular complexity index is 764. The van der Waals surface area contributed by atoms with Crippen molar-refractivity contribution in [2.75, 3.05) is 0 Å². The van der Waals surface area contributed by atoms with Crippen LogP contribution >= 0.6 is 0 Å². The van der Waals surface area contributed by atoms with E-state index < -0.39 is 10.8 Å². The van der Waals surface area contributed by atoms with Gasteiger partial charge in [-0.15, -0.1) is 0 Å². The van der Waals surface area contributed by atoms with Crippen molar-refractivity contribution in [1.29, 1.82) is 0 Å². The van der Waals surface area contributed by atoms with Crippen LogP contribution in [0.2, 0.25) is 0 Å². The molecule has 0 saturated heterocycles. The van der Waals surface area contributed by atoms with Gasteiger partial charge in [0.15, 0.2) is 5.78 Å². The van der Waals surface area contributed by atoms with E-state index in [0.717, 1.165) is 6.07 Å². The molecular formula is C13H12N4O4. The summed E-state index contributed by atoms with van der Waals surface area (Å²) in [6.07, 6.45) is 1.43. The van der Waals surface area contributed by atoms with E-state index in [1.54, 1.807) is 7.05 Å². The number of non-ortho nitro benzene ring substituents is 1. The Balaban J connectivity index is 2.72. The minimum absolute atomic E-state index is 0.116. The van der Waals surface area contributed by atoms with E-state index in [0.29, 0.717) is 5.56 Å². The van der Waals surface area contributed by atoms with Crippen LogP contribution in [0.5, 0.6) is 0 Å². The van der Waals surface area contributed by atoms with Gasteiger partial charge in [-0.2, -0.15) is 5.10 Å². The fourth-order valence-electron chi connectivity index (χ4n) is 2.01. The molecule has 2 N–H and O–H groups in total. The summed E-state index contributed by atoms with van der Waals surface area (Å²) in [4.78, 5) is 33.4. The first kappa shape index (κ1) is 14.4. The maximum Gasteiger partial charge on any atom is 0.270 e. The van der Waals surface area contributed by atoms with Gasteiger partial charge in [-0.25, -0.2) is 0 Å². The van der Waals surface area contributed by atoms with Gasteiger partial charge in [-0.1, -0.05) is 0 Å². The van der Waals surface area contributed by atoms with Gasteiger partial charge >= 0.3 is 0 Å². The van der Waals surface area contributed by atoms with Crippen LogP contribution in [0, 0.1) is 10.1 Å². The van der Waals surface area contributed by atoms with E-state index in [-0.39, 0.29) is 28.3 Å². The second-order valence-corrected chi connectivity index (χ2v) is 4.47. The molecule has 0 unspecified atom stereocenters. The molecule has 8 nitrogen and oxygen atoms in total. The molecule has 2 rings (SSSR count). The first-order valence-electron chi connectivity index (χ1n) is 5.94. The monoisotopic (exact) mass is 288 g/mol. The SMILES string of the molecule is CC(=O)c1cc([N+](=O)[O-])ccc1-c1nn(C)cc1C(N)=O. The number of hydrogen-bond donors (Lipinski definition) is 1. The number of Topliss-reactive ketones (excluding diaryl/α,β-unsaturated/α-hetero) is 1. The smallest absolute Gasteiger partial charge is 0.270 e. The molecule has 0 bridgehead atoms. The Morgan fingerprint density at radius 2 is 2.00 bits per heavy atom. The minimum atomic E-state index is -0.689. The summed E-state index contributed by atoms with van der Waals surface area (Å²) in [5.74, 6) is -1.05. The number of hydrogen-bond acceptors (Lipinski definition) is 5. The normalized spacial score (nSPS) is 10.4. The second-order valence-electron chi connectivity index (χ2n) is 4.47. The Kier molecular flexibility index (Phi) is 3.53. The van der Waals surface area contributed by atoms with Crippen LogP contribution < -0.4 is 5.73 Å². The van der Waals surface area contributed by atoms with Gasteiger partial charge in [0, 0.05) is 36.5 Å². The van der Waals surface area contributed by atoms with Crippen LogP contribution in [-0.2, 0) is 7.05 Å². The zero-order chi connectivity index (χ0) is 15.7. The van der Waals surface area contributed by atoms with Gasteiger partial charge in [-0.05, 0) is 13.0 Å². The van der Waals surface area contributed by atoms with Crippen molar-refractivity contribution in [3.63, 3.8) is 0 Å². The number of nitrogens with two attached hydrogens (primary N) is 1. The molecule has 0 fully saturated rings. The van der Waals surface area contributed by atoms with E-state index in [9.17, 15) is 19.7 Å². The molecule has 8 heteroatoms. The molecule has 0 atom stereocenters. The van der Waals surface area contributed by atoms with Crippen LogP contribution in [0.25, 0.3) is 11.3 Å². The lowest BCUT2D eigenvalue weighted by Gasteiger charge is -2.05. The van der Waals surface area contributed by atoms with Gasteiger partial charge in [0.25, 0.3) is 11.6 Å². The Hall–Kier alpha value is -3.03. The summed E-state index contributed by atoms with van der Waals surface area (Å²) in [5, 5.41) is 14.9. The summed E-state index contributed by atoms with van der Waals surface area (Å²) >= 11 is 0. The molecule has 0 aliphatic carbocycles. The molecule has 108 valence electrons. The number of rotatable bonds is 4. The summed E-state index contributed by atoms with van der Waals surface area (Å²) in [6.45, 7) is 1.29. The predicted octanol–water partition coefficient (Wildman–Crippen LogP) is 1.30. The molecule has 0 spiro atoms. The van der Waals surface area contributed by atoms with Gasteiger partial charge in [-0.3, -0.25) is 24.4 Å². The number of nitro benzene ring substituents is 1. The number of nitrogens with zero attached hydrogens (tertiary/aromatic N) is 3. The third kappa shape index (κ3) is 2.64. The van der Waals surface area contributed by atoms with Gasteiger partial charge in [0.05, 0.1) is 10.5 Å². The summed E-state index contributed by atoms with van der Waals surface area (Å²) in [7, 11) is 1.61. The fraction of sp³-hybridized carbons (Fsp3) is 0.154. The first-order chi connectivity index (χ1) is 9.81. The molecule has 1 aromatic heterocycles. The zero-order valence-electron chi connectivity index (χ0n) is 11.4. The van der Waals surface area contributed by atoms with Crippen LogP contribution in [0.1, 0.15) is 27.6 Å². The standard InChI is InChI=1S/C13H12N4O4/c1-7(18)10-5-8(17(20)21)3-4-9(10)12-11(13(14)19)6-16(2)15-12/h3-6H,1-2H3,(H2,14,19). The number of benzene rings is 1. The fourth-order valence-corrected chi connectivity index (χ4v) is 2.01. The van der Waals surface area contributed by atoms with E-state index in [1.807, 2.05) is 0 Å². The van der Waals surface area contributed by atoms with Gasteiger partial charge < -0.3 is 5.73 Å². The van der Waals surface area contributed by atoms with Crippen molar-refractivity contribution in [3.8, 4) is 11.3 Å². The van der Waals surface area contributed by atoms with Crippen molar-refractivity contribution in [1.82, 2.24) is 9.78 Å². The number of aryl methyl sites for hydroxylation is 1. The largest absolute Gasteiger partial charge is 0.365 e. The average Bonchev–Trinajstić information content (AvgIpc) is 2.80. The average molecular weight is 288 g/mol. The number of ketones is 1. The van der Waals surface area contributed by atoms with Gasteiger partial charge in [0.1, 0.15) is 5.69 Å². The van der Waals surface area contributed by atoms with Crippen molar-refractivity contribution in [3.05, 3.63) is 45.6 Å². The molecule has 1 amide bonds. The number of carbonyl (C=O) groups is 2. The summed E-state index contributed by atoms with van der Waals surface area (Å²) in [6, 6.07) is 3.81. The number of primary amides is 1. The summed E-state index contributed by atoms with van der Waals surface area (Å²) in [5.41, 5.74) is 5.90. The Labute approximate surface area is 119 Å². The van der Waals surface area contributed by atoms with Crippen molar-refractivity contribution >= 4 is 17.4 Å². The van der Waals surface area contributed by atoms with Gasteiger partial charge in [0.2, 0.25) is 0 Å². The number of aromatic nitrogens is 2. The van der Waals surface area contributed by atoms with Crippen molar-refractivity contribution in [2.24, 2.45) is 12.8 Å². The molecule has 21 heavy (non-hydrogen) atoms. The minimum Gasteiger partial charge on any atom is -0.365 e. The quantitative estimate of drug-likeness (QED) is 0.516. The molecule has 0 radical (unpaired) electrons. The zero-order valence-corrected chi connectivity index (χ0v) is 11.4. The highest BCUT2D eigenvalue weighted by Gasteiger charge is 2.21. The van der Waals surface area contributed by atoms with Crippen LogP contribution in [-0.4, -0.2) is 26.4 Å². The lowest BCUT2D eigenvalue weighted by atomic mass is 9.98. The maximum absolute atomic E-state index is 11.7. The molecule has 0 aliphatic rings. The van der Waals surface area contributed by atoms with Crippen molar-refractivity contribution in [2.45, 2.75) is 6.92 Å². The highest BCUT2D eigenvalue weighted by molar-refractivity contribution is 6.05. The first-order valence-corrected chi connectivity index (χ1v) is 5.94. The molecule has 2 aromatic rings. The molecule has 1 aromatic carbocycles. The summed E-state index contributed by atoms with van der Waals surface area (Å²) < 4.78 is 1.39. The third-order valence-electron chi connectivity index (χ3n) is 2.94. The van der Waals surface area contributed by atoms with Crippen molar-refractivity contribution < 1.29 is 14.5 Å². The highest BCUT2D eigenvalue weighted by atomic mass is 16.6. The molecular weight excluding hydrogens is 276 g/mol. The van der Waals surface area contributed by atoms with E-state index >= 15 is 0 Å². The second kappa shape index (κ2) is 5.16. The lowest BCUT2D eigenvalue weighted by molar-refractivity contribution is -0.384. The maximum atomic E-state index is 11.7. The van der Waals surface area contributed by atoms with Crippen LogP contribution in [0.15, 0.2) is 24.4 Å².